The number of oxime groups is 1. The number of hydrogen-bond acceptors (Lipinski definition) is 4. The molecular formula is C13H19N3O. The molecule has 1 saturated heterocycles. The van der Waals surface area contributed by atoms with Gasteiger partial charge in [0.25, 0.3) is 0 Å². The Balaban J connectivity index is 1.76. The van der Waals surface area contributed by atoms with Crippen molar-refractivity contribution in [1.29, 1.82) is 0 Å². The van der Waals surface area contributed by atoms with Crippen LogP contribution in [0.3, 0.4) is 0 Å². The van der Waals surface area contributed by atoms with Gasteiger partial charge in [0.2, 0.25) is 0 Å². The van der Waals surface area contributed by atoms with Crippen LogP contribution >= 0.6 is 0 Å². The summed E-state index contributed by atoms with van der Waals surface area (Å²) in [6.07, 6.45) is 1.55. The zero-order chi connectivity index (χ0) is 11.9. The zero-order valence-electron chi connectivity index (χ0n) is 10.00. The summed E-state index contributed by atoms with van der Waals surface area (Å²) in [7, 11) is 0. The van der Waals surface area contributed by atoms with E-state index >= 15 is 0 Å². The number of nitrogens with zero attached hydrogens (tertiary/aromatic N) is 3. The molecule has 1 heterocycles. The number of hydrogen-bond donors (Lipinski definition) is 1. The summed E-state index contributed by atoms with van der Waals surface area (Å²) in [4.78, 5) is 4.75. The van der Waals surface area contributed by atoms with Crippen molar-refractivity contribution in [3.05, 3.63) is 35.9 Å². The Kier molecular flexibility index (Phi) is 4.53. The summed E-state index contributed by atoms with van der Waals surface area (Å²) in [5.41, 5.74) is 1.37. The van der Waals surface area contributed by atoms with Gasteiger partial charge in [0.1, 0.15) is 0 Å². The molecule has 0 unspecified atom stereocenters. The lowest BCUT2D eigenvalue weighted by atomic mass is 10.2. The van der Waals surface area contributed by atoms with Gasteiger partial charge in [-0.25, -0.2) is 0 Å². The van der Waals surface area contributed by atoms with Gasteiger partial charge in [0.05, 0.1) is 6.21 Å². The van der Waals surface area contributed by atoms with Crippen molar-refractivity contribution in [1.82, 2.24) is 9.80 Å². The molecule has 0 aromatic heterocycles. The average Bonchev–Trinajstić information content (AvgIpc) is 2.39. The lowest BCUT2D eigenvalue weighted by Gasteiger charge is -2.33. The SMILES string of the molecule is ON=CCN1CCN(Cc2ccccc2)CC1. The molecule has 0 aliphatic carbocycles. The standard InChI is InChI=1S/C13H19N3O/c17-14-6-7-15-8-10-16(11-9-15)12-13-4-2-1-3-5-13/h1-6,17H,7-12H2. The zero-order valence-corrected chi connectivity index (χ0v) is 10.00. The summed E-state index contributed by atoms with van der Waals surface area (Å²) in [5, 5.41) is 11.4. The molecule has 1 N–H and O–H groups in total. The van der Waals surface area contributed by atoms with Crippen molar-refractivity contribution >= 4 is 6.21 Å². The van der Waals surface area contributed by atoms with Gasteiger partial charge in [0.15, 0.2) is 0 Å². The van der Waals surface area contributed by atoms with Crippen molar-refractivity contribution in [2.45, 2.75) is 6.54 Å². The van der Waals surface area contributed by atoms with E-state index in [2.05, 4.69) is 45.3 Å². The molecule has 0 radical (unpaired) electrons. The summed E-state index contributed by atoms with van der Waals surface area (Å²) < 4.78 is 0. The molecule has 4 heteroatoms. The van der Waals surface area contributed by atoms with Gasteiger partial charge < -0.3 is 5.21 Å². The van der Waals surface area contributed by atoms with Gasteiger partial charge in [-0.3, -0.25) is 9.80 Å². The molecule has 4 nitrogen and oxygen atoms in total. The van der Waals surface area contributed by atoms with Gasteiger partial charge in [-0.15, -0.1) is 5.16 Å². The lowest BCUT2D eigenvalue weighted by Crippen LogP contribution is -2.46. The number of benzene rings is 1. The minimum atomic E-state index is 0.746. The lowest BCUT2D eigenvalue weighted by molar-refractivity contribution is 0.140. The molecule has 0 bridgehead atoms. The summed E-state index contributed by atoms with van der Waals surface area (Å²) in [6.45, 7) is 6.01. The largest absolute Gasteiger partial charge is 0.411 e. The fourth-order valence-corrected chi connectivity index (χ4v) is 2.12. The fourth-order valence-electron chi connectivity index (χ4n) is 2.12. The van der Waals surface area contributed by atoms with Crippen LogP contribution < -0.4 is 0 Å². The minimum Gasteiger partial charge on any atom is -0.411 e. The summed E-state index contributed by atoms with van der Waals surface area (Å²) >= 11 is 0. The molecule has 0 spiro atoms. The molecule has 17 heavy (non-hydrogen) atoms. The van der Waals surface area contributed by atoms with Crippen molar-refractivity contribution in [2.75, 3.05) is 32.7 Å². The van der Waals surface area contributed by atoms with Gasteiger partial charge in [-0.1, -0.05) is 30.3 Å². The van der Waals surface area contributed by atoms with Crippen LogP contribution in [0.5, 0.6) is 0 Å². The van der Waals surface area contributed by atoms with E-state index in [1.807, 2.05) is 0 Å². The molecular weight excluding hydrogens is 214 g/mol. The van der Waals surface area contributed by atoms with Crippen molar-refractivity contribution in [3.63, 3.8) is 0 Å². The maximum atomic E-state index is 8.38. The molecule has 0 saturated carbocycles. The van der Waals surface area contributed by atoms with Gasteiger partial charge >= 0.3 is 0 Å². The van der Waals surface area contributed by atoms with Crippen LogP contribution in [-0.4, -0.2) is 53.9 Å². The molecule has 1 aromatic rings. The number of rotatable bonds is 4. The molecule has 1 fully saturated rings. The summed E-state index contributed by atoms with van der Waals surface area (Å²) in [5.74, 6) is 0. The Bertz CT molecular complexity index is 345. The second-order valence-electron chi connectivity index (χ2n) is 4.36. The molecule has 2 rings (SSSR count). The summed E-state index contributed by atoms with van der Waals surface area (Å²) in [6, 6.07) is 10.6. The van der Waals surface area contributed by atoms with Crippen LogP contribution in [0, 0.1) is 0 Å². The van der Waals surface area contributed by atoms with E-state index in [4.69, 9.17) is 5.21 Å². The molecule has 0 amide bonds. The van der Waals surface area contributed by atoms with Gasteiger partial charge in [-0.2, -0.15) is 0 Å². The fraction of sp³-hybridized carbons (Fsp3) is 0.462. The Labute approximate surface area is 102 Å². The highest BCUT2D eigenvalue weighted by Crippen LogP contribution is 2.07. The highest BCUT2D eigenvalue weighted by Gasteiger charge is 2.15. The van der Waals surface area contributed by atoms with E-state index in [0.29, 0.717) is 0 Å². The Morgan fingerprint density at radius 2 is 1.71 bits per heavy atom. The average molecular weight is 233 g/mol. The first-order chi connectivity index (χ1) is 8.38. The topological polar surface area (TPSA) is 39.1 Å². The minimum absolute atomic E-state index is 0.746. The highest BCUT2D eigenvalue weighted by molar-refractivity contribution is 5.58. The molecule has 1 aliphatic rings. The van der Waals surface area contributed by atoms with Gasteiger partial charge in [-0.05, 0) is 5.56 Å². The Morgan fingerprint density at radius 1 is 1.06 bits per heavy atom. The van der Waals surface area contributed by atoms with E-state index in [0.717, 1.165) is 39.3 Å². The van der Waals surface area contributed by atoms with E-state index < -0.39 is 0 Å². The van der Waals surface area contributed by atoms with Crippen LogP contribution in [0.4, 0.5) is 0 Å². The molecule has 0 atom stereocenters. The highest BCUT2D eigenvalue weighted by atomic mass is 16.4. The van der Waals surface area contributed by atoms with Gasteiger partial charge in [0, 0.05) is 39.3 Å². The van der Waals surface area contributed by atoms with Crippen LogP contribution in [0.25, 0.3) is 0 Å². The van der Waals surface area contributed by atoms with Crippen LogP contribution in [0.15, 0.2) is 35.5 Å². The normalized spacial score (nSPS) is 18.8. The van der Waals surface area contributed by atoms with Crippen LogP contribution in [0.2, 0.25) is 0 Å². The monoisotopic (exact) mass is 233 g/mol. The van der Waals surface area contributed by atoms with Crippen LogP contribution in [0.1, 0.15) is 5.56 Å². The third kappa shape index (κ3) is 3.84. The first kappa shape index (κ1) is 12.1. The van der Waals surface area contributed by atoms with Crippen molar-refractivity contribution < 1.29 is 5.21 Å². The second-order valence-corrected chi connectivity index (χ2v) is 4.36. The first-order valence-corrected chi connectivity index (χ1v) is 6.03. The predicted molar refractivity (Wildman–Crippen MR) is 68.4 cm³/mol. The maximum Gasteiger partial charge on any atom is 0.0576 e. The van der Waals surface area contributed by atoms with Crippen LogP contribution in [-0.2, 0) is 6.54 Å². The number of piperazine rings is 1. The molecule has 1 aromatic carbocycles. The van der Waals surface area contributed by atoms with Crippen molar-refractivity contribution in [2.24, 2.45) is 5.16 Å². The third-order valence-corrected chi connectivity index (χ3v) is 3.14. The predicted octanol–water partition coefficient (Wildman–Crippen LogP) is 1.26. The first-order valence-electron chi connectivity index (χ1n) is 6.03. The molecule has 92 valence electrons. The Hall–Kier alpha value is -1.39. The second kappa shape index (κ2) is 6.37. The smallest absolute Gasteiger partial charge is 0.0576 e. The maximum absolute atomic E-state index is 8.38. The molecule has 1 aliphatic heterocycles. The van der Waals surface area contributed by atoms with E-state index in [1.54, 1.807) is 6.21 Å². The van der Waals surface area contributed by atoms with E-state index in [1.165, 1.54) is 5.56 Å². The van der Waals surface area contributed by atoms with Crippen molar-refractivity contribution in [3.8, 4) is 0 Å². The Morgan fingerprint density at radius 3 is 2.35 bits per heavy atom. The van der Waals surface area contributed by atoms with E-state index in [-0.39, 0.29) is 0 Å². The third-order valence-electron chi connectivity index (χ3n) is 3.14. The quantitative estimate of drug-likeness (QED) is 0.483. The van der Waals surface area contributed by atoms with E-state index in [9.17, 15) is 0 Å².